The topological polar surface area (TPSA) is 67.3 Å². The summed E-state index contributed by atoms with van der Waals surface area (Å²) >= 11 is 0. The second-order valence-corrected chi connectivity index (χ2v) is 5.84. The molecule has 0 bridgehead atoms. The molecule has 1 aromatic heterocycles. The lowest BCUT2D eigenvalue weighted by Crippen LogP contribution is -2.29. The van der Waals surface area contributed by atoms with Gasteiger partial charge in [0.1, 0.15) is 12.4 Å². The Morgan fingerprint density at radius 3 is 2.90 bits per heavy atom. The van der Waals surface area contributed by atoms with Crippen molar-refractivity contribution in [2.45, 2.75) is 45.1 Å². The van der Waals surface area contributed by atoms with Gasteiger partial charge in [-0.2, -0.15) is 4.98 Å². The van der Waals surface area contributed by atoms with Crippen LogP contribution in [0.3, 0.4) is 0 Å². The first-order valence-electron chi connectivity index (χ1n) is 7.78. The van der Waals surface area contributed by atoms with Gasteiger partial charge in [0.25, 0.3) is 0 Å². The van der Waals surface area contributed by atoms with E-state index >= 15 is 0 Å². The van der Waals surface area contributed by atoms with Crippen LogP contribution in [0.25, 0.3) is 0 Å². The summed E-state index contributed by atoms with van der Waals surface area (Å²) in [6.07, 6.45) is 7.88. The Bertz CT molecular complexity index is 502. The molecule has 0 aromatic carbocycles. The zero-order chi connectivity index (χ0) is 14.7. The van der Waals surface area contributed by atoms with Crippen LogP contribution in [0.5, 0.6) is 0 Å². The van der Waals surface area contributed by atoms with Crippen LogP contribution in [-0.4, -0.2) is 35.3 Å². The first-order chi connectivity index (χ1) is 10.2. The van der Waals surface area contributed by atoms with Gasteiger partial charge < -0.3 is 10.1 Å². The normalized spacial score (nSPS) is 21.2. The Labute approximate surface area is 124 Å². The van der Waals surface area contributed by atoms with Crippen LogP contribution in [0.1, 0.15) is 39.0 Å². The largest absolute Gasteiger partial charge is 0.447 e. The highest BCUT2D eigenvalue weighted by molar-refractivity contribution is 5.88. The van der Waals surface area contributed by atoms with Gasteiger partial charge in [0.2, 0.25) is 5.95 Å². The van der Waals surface area contributed by atoms with Gasteiger partial charge in [-0.05, 0) is 31.7 Å². The van der Waals surface area contributed by atoms with Crippen molar-refractivity contribution in [1.82, 2.24) is 9.97 Å². The van der Waals surface area contributed by atoms with E-state index in [1.54, 1.807) is 12.3 Å². The average Bonchev–Trinajstić information content (AvgIpc) is 2.94. The van der Waals surface area contributed by atoms with E-state index in [1.165, 1.54) is 37.0 Å². The molecule has 1 aliphatic carbocycles. The zero-order valence-corrected chi connectivity index (χ0v) is 12.4. The molecule has 3 rings (SSSR count). The molecule has 6 heteroatoms. The maximum atomic E-state index is 11.6. The van der Waals surface area contributed by atoms with Crippen molar-refractivity contribution < 1.29 is 9.53 Å². The first-order valence-corrected chi connectivity index (χ1v) is 7.78. The molecule has 1 saturated heterocycles. The Morgan fingerprint density at radius 2 is 2.19 bits per heavy atom. The molecule has 1 saturated carbocycles. The maximum absolute atomic E-state index is 11.6. The molecule has 6 nitrogen and oxygen atoms in total. The van der Waals surface area contributed by atoms with Crippen molar-refractivity contribution >= 4 is 17.9 Å². The lowest BCUT2D eigenvalue weighted by molar-refractivity contribution is 0.181. The van der Waals surface area contributed by atoms with E-state index in [0.29, 0.717) is 36.9 Å². The standard InChI is InChI=1S/C15H22N4O2/c1-11(12-5-3-2-4-6-12)17-14-16-8-7-13(18-14)19-9-10-21-15(19)20/h7-8,11-12H,2-6,9-10H2,1H3,(H,16,17,18)/t11-/m0/s1. The fraction of sp³-hybridized carbons (Fsp3) is 0.667. The minimum Gasteiger partial charge on any atom is -0.447 e. The number of amides is 1. The lowest BCUT2D eigenvalue weighted by atomic mass is 9.85. The first kappa shape index (κ1) is 14.1. The summed E-state index contributed by atoms with van der Waals surface area (Å²) in [5.41, 5.74) is 0. The molecular weight excluding hydrogens is 268 g/mol. The minimum atomic E-state index is -0.333. The van der Waals surface area contributed by atoms with Crippen molar-refractivity contribution in [3.8, 4) is 0 Å². The van der Waals surface area contributed by atoms with Crippen LogP contribution in [0.15, 0.2) is 12.3 Å². The molecule has 21 heavy (non-hydrogen) atoms. The third kappa shape index (κ3) is 3.25. The van der Waals surface area contributed by atoms with Crippen LogP contribution < -0.4 is 10.2 Å². The molecule has 114 valence electrons. The number of aromatic nitrogens is 2. The summed E-state index contributed by atoms with van der Waals surface area (Å²) < 4.78 is 4.94. The van der Waals surface area contributed by atoms with E-state index in [2.05, 4.69) is 22.2 Å². The van der Waals surface area contributed by atoms with Gasteiger partial charge in [-0.25, -0.2) is 9.78 Å². The van der Waals surface area contributed by atoms with Crippen molar-refractivity contribution in [2.24, 2.45) is 5.92 Å². The SMILES string of the molecule is C[C@H](Nc1nccc(N2CCOC2=O)n1)C1CCCCC1. The van der Waals surface area contributed by atoms with Crippen LogP contribution in [-0.2, 0) is 4.74 Å². The minimum absolute atomic E-state index is 0.333. The van der Waals surface area contributed by atoms with Crippen LogP contribution >= 0.6 is 0 Å². The van der Waals surface area contributed by atoms with E-state index in [4.69, 9.17) is 4.74 Å². The number of hydrogen-bond donors (Lipinski definition) is 1. The molecule has 1 aromatic rings. The van der Waals surface area contributed by atoms with Crippen LogP contribution in [0.4, 0.5) is 16.6 Å². The van der Waals surface area contributed by atoms with Gasteiger partial charge >= 0.3 is 6.09 Å². The summed E-state index contributed by atoms with van der Waals surface area (Å²) in [7, 11) is 0. The predicted octanol–water partition coefficient (Wildman–Crippen LogP) is 2.81. The smallest absolute Gasteiger partial charge is 0.415 e. The van der Waals surface area contributed by atoms with E-state index in [-0.39, 0.29) is 6.09 Å². The second kappa shape index (κ2) is 6.28. The third-order valence-corrected chi connectivity index (χ3v) is 4.39. The fourth-order valence-corrected chi connectivity index (χ4v) is 3.13. The average molecular weight is 290 g/mol. The summed E-state index contributed by atoms with van der Waals surface area (Å²) in [4.78, 5) is 21.8. The van der Waals surface area contributed by atoms with Crippen molar-refractivity contribution in [3.63, 3.8) is 0 Å². The van der Waals surface area contributed by atoms with E-state index in [9.17, 15) is 4.79 Å². The Morgan fingerprint density at radius 1 is 1.38 bits per heavy atom. The van der Waals surface area contributed by atoms with Gasteiger partial charge in [-0.3, -0.25) is 4.90 Å². The predicted molar refractivity (Wildman–Crippen MR) is 80.4 cm³/mol. The number of carbonyl (C=O) groups is 1. The summed E-state index contributed by atoms with van der Waals surface area (Å²) in [5.74, 6) is 1.87. The molecule has 1 aliphatic heterocycles. The number of carbonyl (C=O) groups excluding carboxylic acids is 1. The Balaban J connectivity index is 1.66. The molecule has 1 N–H and O–H groups in total. The molecule has 2 fully saturated rings. The molecule has 1 atom stereocenters. The van der Waals surface area contributed by atoms with Crippen molar-refractivity contribution in [3.05, 3.63) is 12.3 Å². The summed E-state index contributed by atoms with van der Waals surface area (Å²) in [6, 6.07) is 2.09. The number of hydrogen-bond acceptors (Lipinski definition) is 5. The van der Waals surface area contributed by atoms with Crippen LogP contribution in [0.2, 0.25) is 0 Å². The van der Waals surface area contributed by atoms with Crippen molar-refractivity contribution in [2.75, 3.05) is 23.4 Å². The highest BCUT2D eigenvalue weighted by Crippen LogP contribution is 2.27. The molecule has 2 aliphatic rings. The Kier molecular flexibility index (Phi) is 4.22. The van der Waals surface area contributed by atoms with Gasteiger partial charge in [-0.15, -0.1) is 0 Å². The summed E-state index contributed by atoms with van der Waals surface area (Å²) in [5, 5.41) is 3.39. The van der Waals surface area contributed by atoms with Crippen molar-refractivity contribution in [1.29, 1.82) is 0 Å². The molecule has 2 heterocycles. The van der Waals surface area contributed by atoms with Gasteiger partial charge in [0, 0.05) is 12.2 Å². The maximum Gasteiger partial charge on any atom is 0.415 e. The molecule has 0 radical (unpaired) electrons. The van der Waals surface area contributed by atoms with Gasteiger partial charge in [-0.1, -0.05) is 19.3 Å². The third-order valence-electron chi connectivity index (χ3n) is 4.39. The summed E-state index contributed by atoms with van der Waals surface area (Å²) in [6.45, 7) is 3.16. The fourth-order valence-electron chi connectivity index (χ4n) is 3.13. The Hall–Kier alpha value is -1.85. The second-order valence-electron chi connectivity index (χ2n) is 5.84. The number of nitrogens with one attached hydrogen (secondary N) is 1. The van der Waals surface area contributed by atoms with E-state index < -0.39 is 0 Å². The molecule has 1 amide bonds. The highest BCUT2D eigenvalue weighted by Gasteiger charge is 2.25. The van der Waals surface area contributed by atoms with Gasteiger partial charge in [0.15, 0.2) is 0 Å². The van der Waals surface area contributed by atoms with E-state index in [0.717, 1.165) is 0 Å². The van der Waals surface area contributed by atoms with Gasteiger partial charge in [0.05, 0.1) is 6.54 Å². The number of ether oxygens (including phenoxy) is 1. The number of cyclic esters (lactones) is 1. The number of rotatable bonds is 4. The number of anilines is 2. The molecule has 0 spiro atoms. The van der Waals surface area contributed by atoms with E-state index in [1.807, 2.05) is 0 Å². The zero-order valence-electron chi connectivity index (χ0n) is 12.4. The van der Waals surface area contributed by atoms with Crippen LogP contribution in [0, 0.1) is 5.92 Å². The monoisotopic (exact) mass is 290 g/mol. The number of nitrogens with zero attached hydrogens (tertiary/aromatic N) is 3. The quantitative estimate of drug-likeness (QED) is 0.923. The molecule has 0 unspecified atom stereocenters. The molecular formula is C15H22N4O2. The highest BCUT2D eigenvalue weighted by atomic mass is 16.6. The lowest BCUT2D eigenvalue weighted by Gasteiger charge is -2.28.